The summed E-state index contributed by atoms with van der Waals surface area (Å²) >= 11 is 0. The highest BCUT2D eigenvalue weighted by Gasteiger charge is 2.32. The summed E-state index contributed by atoms with van der Waals surface area (Å²) in [7, 11) is 1.42. The first kappa shape index (κ1) is 15.5. The van der Waals surface area contributed by atoms with E-state index >= 15 is 0 Å². The van der Waals surface area contributed by atoms with Crippen LogP contribution in [0.15, 0.2) is 23.9 Å². The van der Waals surface area contributed by atoms with Gasteiger partial charge in [-0.05, 0) is 18.6 Å². The van der Waals surface area contributed by atoms with Crippen molar-refractivity contribution in [1.29, 1.82) is 0 Å². The fourth-order valence-electron chi connectivity index (χ4n) is 2.10. The SMILES string of the molecule is CCCN1C(=O)N/C(=C/c2cc([N+](=O)[O-])ccc2OC)C1=O. The summed E-state index contributed by atoms with van der Waals surface area (Å²) in [5.74, 6) is -0.0884. The monoisotopic (exact) mass is 305 g/mol. The van der Waals surface area contributed by atoms with Gasteiger partial charge in [-0.1, -0.05) is 6.92 Å². The maximum atomic E-state index is 12.1. The first-order valence-corrected chi connectivity index (χ1v) is 6.65. The minimum atomic E-state index is -0.542. The van der Waals surface area contributed by atoms with Crippen molar-refractivity contribution in [1.82, 2.24) is 10.2 Å². The van der Waals surface area contributed by atoms with Gasteiger partial charge in [0.05, 0.1) is 12.0 Å². The second kappa shape index (κ2) is 6.25. The predicted molar refractivity (Wildman–Crippen MR) is 78.2 cm³/mol. The number of nitro benzene ring substituents is 1. The largest absolute Gasteiger partial charge is 0.496 e. The van der Waals surface area contributed by atoms with Gasteiger partial charge in [0.2, 0.25) is 0 Å². The van der Waals surface area contributed by atoms with Crippen molar-refractivity contribution in [3.8, 4) is 5.75 Å². The van der Waals surface area contributed by atoms with E-state index in [-0.39, 0.29) is 11.4 Å². The summed E-state index contributed by atoms with van der Waals surface area (Å²) in [6.07, 6.45) is 2.02. The molecule has 0 unspecified atom stereocenters. The van der Waals surface area contributed by atoms with Crippen LogP contribution in [0.3, 0.4) is 0 Å². The number of carbonyl (C=O) groups excluding carboxylic acids is 2. The van der Waals surface area contributed by atoms with Crippen LogP contribution in [0.2, 0.25) is 0 Å². The van der Waals surface area contributed by atoms with Crippen molar-refractivity contribution in [2.45, 2.75) is 13.3 Å². The van der Waals surface area contributed by atoms with Crippen LogP contribution in [-0.4, -0.2) is 35.4 Å². The van der Waals surface area contributed by atoms with Gasteiger partial charge in [-0.25, -0.2) is 4.79 Å². The number of hydrogen-bond acceptors (Lipinski definition) is 5. The highest BCUT2D eigenvalue weighted by molar-refractivity contribution is 6.14. The summed E-state index contributed by atoms with van der Waals surface area (Å²) in [6, 6.07) is 3.53. The van der Waals surface area contributed by atoms with Crippen LogP contribution >= 0.6 is 0 Å². The highest BCUT2D eigenvalue weighted by Crippen LogP contribution is 2.27. The number of non-ortho nitro benzene ring substituents is 1. The molecule has 0 bridgehead atoms. The van der Waals surface area contributed by atoms with Crippen molar-refractivity contribution in [2.75, 3.05) is 13.7 Å². The Morgan fingerprint density at radius 3 is 2.73 bits per heavy atom. The molecular formula is C14H15N3O5. The van der Waals surface area contributed by atoms with E-state index < -0.39 is 16.9 Å². The molecule has 22 heavy (non-hydrogen) atoms. The Morgan fingerprint density at radius 2 is 2.14 bits per heavy atom. The average Bonchev–Trinajstić information content (AvgIpc) is 2.75. The van der Waals surface area contributed by atoms with E-state index in [2.05, 4.69) is 5.32 Å². The number of methoxy groups -OCH3 is 1. The molecule has 0 saturated carbocycles. The van der Waals surface area contributed by atoms with Gasteiger partial charge < -0.3 is 10.1 Å². The van der Waals surface area contributed by atoms with Gasteiger partial charge in [0, 0.05) is 24.2 Å². The molecule has 1 aromatic rings. The zero-order valence-corrected chi connectivity index (χ0v) is 12.2. The van der Waals surface area contributed by atoms with E-state index in [0.29, 0.717) is 24.3 Å². The molecule has 0 radical (unpaired) electrons. The van der Waals surface area contributed by atoms with Crippen molar-refractivity contribution < 1.29 is 19.2 Å². The second-order valence-corrected chi connectivity index (χ2v) is 4.63. The first-order valence-electron chi connectivity index (χ1n) is 6.65. The Balaban J connectivity index is 2.40. The predicted octanol–water partition coefficient (Wildman–Crippen LogP) is 1.91. The quantitative estimate of drug-likeness (QED) is 0.387. The molecule has 1 N–H and O–H groups in total. The molecule has 8 nitrogen and oxygen atoms in total. The maximum absolute atomic E-state index is 12.1. The normalized spacial score (nSPS) is 16.1. The lowest BCUT2D eigenvalue weighted by Gasteiger charge is -2.08. The molecule has 116 valence electrons. The van der Waals surface area contributed by atoms with Gasteiger partial charge in [0.25, 0.3) is 11.6 Å². The molecule has 1 aliphatic rings. The van der Waals surface area contributed by atoms with Crippen LogP contribution in [0.4, 0.5) is 10.5 Å². The van der Waals surface area contributed by atoms with Crippen LogP contribution in [0, 0.1) is 10.1 Å². The molecule has 8 heteroatoms. The van der Waals surface area contributed by atoms with Crippen molar-refractivity contribution >= 4 is 23.7 Å². The fourth-order valence-corrected chi connectivity index (χ4v) is 2.10. The van der Waals surface area contributed by atoms with Gasteiger partial charge in [0.1, 0.15) is 11.4 Å². The van der Waals surface area contributed by atoms with Gasteiger partial charge in [-0.3, -0.25) is 19.8 Å². The van der Waals surface area contributed by atoms with E-state index in [4.69, 9.17) is 4.74 Å². The summed E-state index contributed by atoms with van der Waals surface area (Å²) in [4.78, 5) is 35.2. The Bertz CT molecular complexity index is 668. The molecule has 1 aliphatic heterocycles. The number of nitro groups is 1. The number of urea groups is 1. The Labute approximate surface area is 126 Å². The molecule has 3 amide bonds. The molecule has 1 heterocycles. The standard InChI is InChI=1S/C14H15N3O5/c1-3-6-16-13(18)11(15-14(16)19)8-9-7-10(17(20)21)4-5-12(9)22-2/h4-5,7-8H,3,6H2,1-2H3,(H,15,19)/b11-8+. The van der Waals surface area contributed by atoms with E-state index in [0.717, 1.165) is 4.90 Å². The molecule has 2 rings (SSSR count). The number of hydrogen-bond donors (Lipinski definition) is 1. The summed E-state index contributed by atoms with van der Waals surface area (Å²) in [5, 5.41) is 13.3. The lowest BCUT2D eigenvalue weighted by molar-refractivity contribution is -0.384. The van der Waals surface area contributed by atoms with E-state index in [1.54, 1.807) is 0 Å². The van der Waals surface area contributed by atoms with Crippen LogP contribution in [0.1, 0.15) is 18.9 Å². The van der Waals surface area contributed by atoms with E-state index in [9.17, 15) is 19.7 Å². The highest BCUT2D eigenvalue weighted by atomic mass is 16.6. The van der Waals surface area contributed by atoms with Gasteiger partial charge in [-0.2, -0.15) is 0 Å². The maximum Gasteiger partial charge on any atom is 0.329 e. The number of rotatable bonds is 5. The van der Waals surface area contributed by atoms with Crippen molar-refractivity contribution in [3.05, 3.63) is 39.6 Å². The minimum Gasteiger partial charge on any atom is -0.496 e. The van der Waals surface area contributed by atoms with E-state index in [1.807, 2.05) is 6.92 Å². The number of imide groups is 1. The van der Waals surface area contributed by atoms with Crippen LogP contribution in [0.5, 0.6) is 5.75 Å². The molecule has 0 spiro atoms. The Morgan fingerprint density at radius 1 is 1.41 bits per heavy atom. The summed E-state index contributed by atoms with van der Waals surface area (Å²) in [6.45, 7) is 2.17. The zero-order valence-electron chi connectivity index (χ0n) is 12.2. The number of amides is 3. The lowest BCUT2D eigenvalue weighted by Crippen LogP contribution is -2.31. The van der Waals surface area contributed by atoms with Gasteiger partial charge >= 0.3 is 6.03 Å². The topological polar surface area (TPSA) is 102 Å². The number of carbonyl (C=O) groups is 2. The van der Waals surface area contributed by atoms with Gasteiger partial charge in [-0.15, -0.1) is 0 Å². The van der Waals surface area contributed by atoms with Crippen molar-refractivity contribution in [3.63, 3.8) is 0 Å². The number of ether oxygens (including phenoxy) is 1. The minimum absolute atomic E-state index is 0.0669. The Kier molecular flexibility index (Phi) is 4.40. The fraction of sp³-hybridized carbons (Fsp3) is 0.286. The third-order valence-electron chi connectivity index (χ3n) is 3.13. The summed E-state index contributed by atoms with van der Waals surface area (Å²) < 4.78 is 5.12. The molecule has 1 aromatic carbocycles. The molecule has 0 aliphatic carbocycles. The lowest BCUT2D eigenvalue weighted by atomic mass is 10.1. The molecule has 1 saturated heterocycles. The third-order valence-corrected chi connectivity index (χ3v) is 3.13. The van der Waals surface area contributed by atoms with Crippen molar-refractivity contribution in [2.24, 2.45) is 0 Å². The number of nitrogens with one attached hydrogen (secondary N) is 1. The average molecular weight is 305 g/mol. The molecule has 0 aromatic heterocycles. The van der Waals surface area contributed by atoms with E-state index in [1.165, 1.54) is 31.4 Å². The number of benzene rings is 1. The van der Waals surface area contributed by atoms with Crippen LogP contribution in [-0.2, 0) is 4.79 Å². The number of nitrogens with zero attached hydrogens (tertiary/aromatic N) is 2. The molecular weight excluding hydrogens is 290 g/mol. The molecule has 1 fully saturated rings. The van der Waals surface area contributed by atoms with Crippen LogP contribution in [0.25, 0.3) is 6.08 Å². The smallest absolute Gasteiger partial charge is 0.329 e. The Hall–Kier alpha value is -2.90. The van der Waals surface area contributed by atoms with Crippen LogP contribution < -0.4 is 10.1 Å². The first-order chi connectivity index (χ1) is 10.5. The zero-order chi connectivity index (χ0) is 16.3. The van der Waals surface area contributed by atoms with Gasteiger partial charge in [0.15, 0.2) is 0 Å². The third kappa shape index (κ3) is 2.90. The summed E-state index contributed by atoms with van der Waals surface area (Å²) in [5.41, 5.74) is 0.283. The molecule has 0 atom stereocenters. The second-order valence-electron chi connectivity index (χ2n) is 4.63.